The molecule has 3 aromatic rings. The average Bonchev–Trinajstić information content (AvgIpc) is 3.22. The highest BCUT2D eigenvalue weighted by atomic mass is 79.9. The van der Waals surface area contributed by atoms with Gasteiger partial charge in [0.2, 0.25) is 0 Å². The van der Waals surface area contributed by atoms with E-state index >= 15 is 0 Å². The molecule has 6 nitrogen and oxygen atoms in total. The number of nitrogens with one attached hydrogen (secondary N) is 1. The molecule has 0 spiro atoms. The van der Waals surface area contributed by atoms with Crippen LogP contribution in [0.25, 0.3) is 10.9 Å². The fourth-order valence-electron chi connectivity index (χ4n) is 4.53. The van der Waals surface area contributed by atoms with Crippen molar-refractivity contribution in [2.75, 3.05) is 0 Å². The summed E-state index contributed by atoms with van der Waals surface area (Å²) in [5.41, 5.74) is 2.33. The first-order chi connectivity index (χ1) is 15.4. The SMILES string of the molecule is CCC(c1ccc(Br)cc1)n1ncc2c(Cl)ccc(C(=O)NC3CCC(C(=O)O)CC3)c21. The van der Waals surface area contributed by atoms with Crippen molar-refractivity contribution in [3.8, 4) is 0 Å². The van der Waals surface area contributed by atoms with Crippen LogP contribution in [0.5, 0.6) is 0 Å². The van der Waals surface area contributed by atoms with Gasteiger partial charge in [-0.05, 0) is 61.9 Å². The minimum Gasteiger partial charge on any atom is -0.481 e. The number of aliphatic carboxylic acids is 1. The van der Waals surface area contributed by atoms with Crippen molar-refractivity contribution in [2.24, 2.45) is 5.92 Å². The zero-order valence-electron chi connectivity index (χ0n) is 17.7. The third-order valence-corrected chi connectivity index (χ3v) is 7.16. The molecule has 32 heavy (non-hydrogen) atoms. The second-order valence-electron chi connectivity index (χ2n) is 8.28. The normalized spacial score (nSPS) is 19.6. The van der Waals surface area contributed by atoms with E-state index in [4.69, 9.17) is 11.6 Å². The number of amides is 1. The van der Waals surface area contributed by atoms with Crippen LogP contribution in [0.3, 0.4) is 0 Å². The van der Waals surface area contributed by atoms with Crippen molar-refractivity contribution >= 4 is 50.3 Å². The summed E-state index contributed by atoms with van der Waals surface area (Å²) in [4.78, 5) is 24.5. The highest BCUT2D eigenvalue weighted by Crippen LogP contribution is 2.33. The van der Waals surface area contributed by atoms with Gasteiger partial charge in [-0.1, -0.05) is 46.6 Å². The summed E-state index contributed by atoms with van der Waals surface area (Å²) in [5.74, 6) is -1.25. The van der Waals surface area contributed by atoms with E-state index in [2.05, 4.69) is 45.4 Å². The summed E-state index contributed by atoms with van der Waals surface area (Å²) in [7, 11) is 0. The Labute approximate surface area is 200 Å². The Morgan fingerprint density at radius 2 is 1.88 bits per heavy atom. The number of carbonyl (C=O) groups is 2. The number of carbonyl (C=O) groups excluding carboxylic acids is 1. The first-order valence-electron chi connectivity index (χ1n) is 10.8. The molecular weight excluding hydrogens is 494 g/mol. The summed E-state index contributed by atoms with van der Waals surface area (Å²) in [6.45, 7) is 2.09. The standard InChI is InChI=1S/C24H25BrClN3O3/c1-2-21(14-3-7-16(25)8-4-14)29-22-18(11-12-20(26)19(22)13-27-29)23(30)28-17-9-5-15(6-10-17)24(31)32/h3-4,7-8,11-13,15,17,21H,2,5-6,9-10H2,1H3,(H,28,30)(H,31,32). The smallest absolute Gasteiger partial charge is 0.306 e. The molecule has 1 aliphatic carbocycles. The third kappa shape index (κ3) is 4.55. The third-order valence-electron chi connectivity index (χ3n) is 6.30. The average molecular weight is 519 g/mol. The van der Waals surface area contributed by atoms with E-state index in [0.717, 1.165) is 21.8 Å². The van der Waals surface area contributed by atoms with E-state index in [9.17, 15) is 14.7 Å². The van der Waals surface area contributed by atoms with Crippen LogP contribution in [-0.2, 0) is 4.79 Å². The largest absolute Gasteiger partial charge is 0.481 e. The van der Waals surface area contributed by atoms with Gasteiger partial charge in [0.1, 0.15) is 0 Å². The number of halogens is 2. The molecule has 0 radical (unpaired) electrons. The summed E-state index contributed by atoms with van der Waals surface area (Å²) >= 11 is 9.93. The number of carboxylic acid groups (broad SMARTS) is 1. The lowest BCUT2D eigenvalue weighted by atomic mass is 9.86. The summed E-state index contributed by atoms with van der Waals surface area (Å²) in [6.07, 6.45) is 5.00. The van der Waals surface area contributed by atoms with E-state index in [0.29, 0.717) is 41.8 Å². The molecule has 1 unspecified atom stereocenters. The molecule has 1 aliphatic rings. The predicted molar refractivity (Wildman–Crippen MR) is 128 cm³/mol. The molecule has 0 aliphatic heterocycles. The Bertz CT molecular complexity index is 1140. The number of rotatable bonds is 6. The number of benzene rings is 2. The lowest BCUT2D eigenvalue weighted by Crippen LogP contribution is -2.39. The first kappa shape index (κ1) is 22.8. The van der Waals surface area contributed by atoms with Crippen molar-refractivity contribution < 1.29 is 14.7 Å². The van der Waals surface area contributed by atoms with Gasteiger partial charge in [0.05, 0.1) is 34.3 Å². The minimum absolute atomic E-state index is 0.0337. The Morgan fingerprint density at radius 3 is 2.50 bits per heavy atom. The molecule has 1 heterocycles. The van der Waals surface area contributed by atoms with Gasteiger partial charge in [-0.3, -0.25) is 14.3 Å². The number of hydrogen-bond acceptors (Lipinski definition) is 3. The van der Waals surface area contributed by atoms with Gasteiger partial charge in [0, 0.05) is 15.9 Å². The number of fused-ring (bicyclic) bond motifs is 1. The molecule has 1 saturated carbocycles. The van der Waals surface area contributed by atoms with Crippen molar-refractivity contribution in [2.45, 2.75) is 51.1 Å². The molecule has 1 atom stereocenters. The maximum atomic E-state index is 13.3. The van der Waals surface area contributed by atoms with Gasteiger partial charge in [-0.25, -0.2) is 0 Å². The Kier molecular flexibility index (Phi) is 6.86. The second kappa shape index (κ2) is 9.63. The molecule has 2 N–H and O–H groups in total. The molecule has 1 aromatic heterocycles. The van der Waals surface area contributed by atoms with Gasteiger partial charge in [-0.15, -0.1) is 0 Å². The van der Waals surface area contributed by atoms with Crippen LogP contribution in [-0.4, -0.2) is 32.8 Å². The number of aromatic nitrogens is 2. The van der Waals surface area contributed by atoms with Gasteiger partial charge >= 0.3 is 5.97 Å². The molecule has 0 bridgehead atoms. The fraction of sp³-hybridized carbons (Fsp3) is 0.375. The molecular formula is C24H25BrClN3O3. The molecule has 0 saturated heterocycles. The number of carboxylic acids is 1. The molecule has 168 valence electrons. The van der Waals surface area contributed by atoms with Crippen LogP contribution in [0, 0.1) is 5.92 Å². The van der Waals surface area contributed by atoms with Crippen LogP contribution >= 0.6 is 27.5 Å². The molecule has 1 fully saturated rings. The van der Waals surface area contributed by atoms with E-state index in [-0.39, 0.29) is 23.9 Å². The van der Waals surface area contributed by atoms with Gasteiger partial charge < -0.3 is 10.4 Å². The fourth-order valence-corrected chi connectivity index (χ4v) is 5.00. The summed E-state index contributed by atoms with van der Waals surface area (Å²) < 4.78 is 2.89. The zero-order valence-corrected chi connectivity index (χ0v) is 20.1. The first-order valence-corrected chi connectivity index (χ1v) is 12.0. The Morgan fingerprint density at radius 1 is 1.19 bits per heavy atom. The van der Waals surface area contributed by atoms with Gasteiger partial charge in [0.15, 0.2) is 0 Å². The van der Waals surface area contributed by atoms with Crippen LogP contribution < -0.4 is 5.32 Å². The Balaban J connectivity index is 1.66. The molecule has 1 amide bonds. The van der Waals surface area contributed by atoms with Crippen LogP contribution in [0.4, 0.5) is 0 Å². The monoisotopic (exact) mass is 517 g/mol. The zero-order chi connectivity index (χ0) is 22.8. The quantitative estimate of drug-likeness (QED) is 0.430. The van der Waals surface area contributed by atoms with E-state index in [1.165, 1.54) is 0 Å². The Hall–Kier alpha value is -2.38. The molecule has 8 heteroatoms. The van der Waals surface area contributed by atoms with Crippen molar-refractivity contribution in [1.82, 2.24) is 15.1 Å². The lowest BCUT2D eigenvalue weighted by molar-refractivity contribution is -0.142. The second-order valence-corrected chi connectivity index (χ2v) is 9.61. The van der Waals surface area contributed by atoms with Crippen LogP contribution in [0.2, 0.25) is 5.02 Å². The van der Waals surface area contributed by atoms with Crippen molar-refractivity contribution in [3.63, 3.8) is 0 Å². The highest BCUT2D eigenvalue weighted by molar-refractivity contribution is 9.10. The molecule has 2 aromatic carbocycles. The molecule has 4 rings (SSSR count). The predicted octanol–water partition coefficient (Wildman–Crippen LogP) is 5.82. The van der Waals surface area contributed by atoms with E-state index in [1.807, 2.05) is 16.8 Å². The lowest BCUT2D eigenvalue weighted by Gasteiger charge is -2.27. The summed E-state index contributed by atoms with van der Waals surface area (Å²) in [5, 5.41) is 18.2. The van der Waals surface area contributed by atoms with Gasteiger partial charge in [0.25, 0.3) is 5.91 Å². The summed E-state index contributed by atoms with van der Waals surface area (Å²) in [6, 6.07) is 11.5. The highest BCUT2D eigenvalue weighted by Gasteiger charge is 2.28. The van der Waals surface area contributed by atoms with E-state index in [1.54, 1.807) is 18.3 Å². The van der Waals surface area contributed by atoms with Crippen LogP contribution in [0.15, 0.2) is 47.1 Å². The van der Waals surface area contributed by atoms with Crippen molar-refractivity contribution in [1.29, 1.82) is 0 Å². The minimum atomic E-state index is -0.753. The topological polar surface area (TPSA) is 84.2 Å². The number of hydrogen-bond donors (Lipinski definition) is 2. The van der Waals surface area contributed by atoms with Gasteiger partial charge in [-0.2, -0.15) is 5.10 Å². The van der Waals surface area contributed by atoms with Crippen molar-refractivity contribution in [3.05, 3.63) is 63.2 Å². The number of nitrogens with zero attached hydrogens (tertiary/aromatic N) is 2. The maximum absolute atomic E-state index is 13.3. The van der Waals surface area contributed by atoms with Crippen LogP contribution in [0.1, 0.15) is 61.0 Å². The van der Waals surface area contributed by atoms with E-state index < -0.39 is 5.97 Å². The maximum Gasteiger partial charge on any atom is 0.306 e.